The molecule has 0 aromatic rings. The molecule has 0 fully saturated rings. The van der Waals surface area contributed by atoms with Crippen LogP contribution in [0.4, 0.5) is 0 Å². The average molecular weight is 517 g/mol. The number of unbranched alkanes of at least 4 members (excludes halogenated alkanes) is 18. The Morgan fingerprint density at radius 2 is 0.857 bits per heavy atom. The summed E-state index contributed by atoms with van der Waals surface area (Å²) < 4.78 is 1.00. The second-order valence-corrected chi connectivity index (χ2v) is 10.8. The van der Waals surface area contributed by atoms with Gasteiger partial charge in [0, 0.05) is 12.8 Å². The fourth-order valence-electron chi connectivity index (χ4n) is 5.58. The largest absolute Gasteiger partial charge is 1.00 e. The number of quaternary nitrogens is 1. The van der Waals surface area contributed by atoms with E-state index in [-0.39, 0.29) is 24.5 Å². The number of nitrogens with zero attached hydrogens (tertiary/aromatic N) is 1. The molecule has 0 saturated heterocycles. The van der Waals surface area contributed by atoms with Gasteiger partial charge in [-0.2, -0.15) is 0 Å². The number of halogens is 1. The van der Waals surface area contributed by atoms with E-state index in [1.54, 1.807) is 0 Å². The van der Waals surface area contributed by atoms with Crippen molar-refractivity contribution in [1.29, 1.82) is 0 Å². The Morgan fingerprint density at radius 3 is 1.14 bits per heavy atom. The molecule has 1 atom stereocenters. The van der Waals surface area contributed by atoms with Crippen LogP contribution in [0.2, 0.25) is 0 Å². The summed E-state index contributed by atoms with van der Waals surface area (Å²) >= 11 is 0. The van der Waals surface area contributed by atoms with E-state index in [9.17, 15) is 4.79 Å². The van der Waals surface area contributed by atoms with Gasteiger partial charge in [-0.15, -0.1) is 0 Å². The van der Waals surface area contributed by atoms with E-state index in [0.717, 1.165) is 37.0 Å². The SMILES string of the molecule is CCCCCCCCCCCCCCCCCCCCCC(=O)NC(CC)[N+](CC)(CC)CC.[Cl-]. The number of rotatable bonds is 26. The lowest BCUT2D eigenvalue weighted by Gasteiger charge is -2.42. The second kappa shape index (κ2) is 26.8. The molecular weight excluding hydrogens is 452 g/mol. The molecule has 0 aliphatic carbocycles. The first-order chi connectivity index (χ1) is 16.6. The van der Waals surface area contributed by atoms with E-state index in [1.807, 2.05) is 0 Å². The fraction of sp³-hybridized carbons (Fsp3) is 0.968. The summed E-state index contributed by atoms with van der Waals surface area (Å²) in [6, 6.07) is 0. The topological polar surface area (TPSA) is 29.1 Å². The van der Waals surface area contributed by atoms with Crippen LogP contribution in [0.5, 0.6) is 0 Å². The van der Waals surface area contributed by atoms with Crippen molar-refractivity contribution in [3.8, 4) is 0 Å². The number of amides is 1. The van der Waals surface area contributed by atoms with Crippen molar-refractivity contribution in [2.45, 2.75) is 176 Å². The van der Waals surface area contributed by atoms with Gasteiger partial charge in [-0.3, -0.25) is 4.79 Å². The summed E-state index contributed by atoms with van der Waals surface area (Å²) in [4.78, 5) is 12.5. The van der Waals surface area contributed by atoms with Crippen LogP contribution in [0, 0.1) is 0 Å². The van der Waals surface area contributed by atoms with Crippen LogP contribution in [0.15, 0.2) is 0 Å². The lowest BCUT2D eigenvalue weighted by molar-refractivity contribution is -0.949. The van der Waals surface area contributed by atoms with Gasteiger partial charge in [0.1, 0.15) is 0 Å². The average Bonchev–Trinajstić information content (AvgIpc) is 2.86. The zero-order chi connectivity index (χ0) is 25.3. The van der Waals surface area contributed by atoms with Crippen molar-refractivity contribution in [2.24, 2.45) is 0 Å². The molecule has 3 nitrogen and oxygen atoms in total. The van der Waals surface area contributed by atoms with Crippen LogP contribution in [-0.4, -0.2) is 36.2 Å². The van der Waals surface area contributed by atoms with Crippen LogP contribution >= 0.6 is 0 Å². The Morgan fingerprint density at radius 1 is 0.543 bits per heavy atom. The molecule has 0 aromatic carbocycles. The van der Waals surface area contributed by atoms with Crippen molar-refractivity contribution >= 4 is 5.91 Å². The highest BCUT2D eigenvalue weighted by Gasteiger charge is 2.31. The molecule has 0 saturated carbocycles. The van der Waals surface area contributed by atoms with Gasteiger partial charge < -0.3 is 22.2 Å². The highest BCUT2D eigenvalue weighted by molar-refractivity contribution is 5.75. The molecule has 1 amide bonds. The van der Waals surface area contributed by atoms with Gasteiger partial charge in [-0.25, -0.2) is 0 Å². The molecule has 0 aliphatic heterocycles. The monoisotopic (exact) mass is 516 g/mol. The number of carbonyl (C=O) groups is 1. The predicted octanol–water partition coefficient (Wildman–Crippen LogP) is 6.54. The molecule has 0 radical (unpaired) electrons. The normalized spacial score (nSPS) is 12.4. The molecule has 1 unspecified atom stereocenters. The summed E-state index contributed by atoms with van der Waals surface area (Å²) in [5.41, 5.74) is 0. The Hall–Kier alpha value is -0.280. The smallest absolute Gasteiger partial charge is 0.224 e. The van der Waals surface area contributed by atoms with Crippen molar-refractivity contribution in [1.82, 2.24) is 5.32 Å². The lowest BCUT2D eigenvalue weighted by Crippen LogP contribution is -3.00. The molecule has 35 heavy (non-hydrogen) atoms. The Kier molecular flexibility index (Phi) is 28.2. The first kappa shape index (κ1) is 36.9. The highest BCUT2D eigenvalue weighted by atomic mass is 35.5. The van der Waals surface area contributed by atoms with Crippen LogP contribution < -0.4 is 17.7 Å². The van der Waals surface area contributed by atoms with Crippen LogP contribution in [0.3, 0.4) is 0 Å². The van der Waals surface area contributed by atoms with E-state index in [0.29, 0.717) is 6.42 Å². The molecular formula is C31H65ClN2O. The summed E-state index contributed by atoms with van der Waals surface area (Å²) in [5, 5.41) is 3.35. The quantitative estimate of drug-likeness (QED) is 0.0788. The molecule has 212 valence electrons. The van der Waals surface area contributed by atoms with E-state index in [1.165, 1.54) is 116 Å². The van der Waals surface area contributed by atoms with Gasteiger partial charge >= 0.3 is 0 Å². The molecule has 0 bridgehead atoms. The van der Waals surface area contributed by atoms with Crippen molar-refractivity contribution < 1.29 is 21.7 Å². The van der Waals surface area contributed by atoms with Crippen LogP contribution in [0.25, 0.3) is 0 Å². The number of nitrogens with one attached hydrogen (secondary N) is 1. The van der Waals surface area contributed by atoms with Gasteiger partial charge in [-0.1, -0.05) is 129 Å². The maximum absolute atomic E-state index is 12.5. The van der Waals surface area contributed by atoms with Gasteiger partial charge in [0.2, 0.25) is 5.91 Å². The van der Waals surface area contributed by atoms with Gasteiger partial charge in [0.25, 0.3) is 0 Å². The minimum atomic E-state index is 0. The zero-order valence-electron chi connectivity index (χ0n) is 24.8. The molecule has 0 rings (SSSR count). The predicted molar refractivity (Wildman–Crippen MR) is 152 cm³/mol. The molecule has 0 aliphatic rings. The van der Waals surface area contributed by atoms with E-state index in [2.05, 4.69) is 39.9 Å². The molecule has 1 N–H and O–H groups in total. The Labute approximate surface area is 228 Å². The number of hydrogen-bond donors (Lipinski definition) is 1. The van der Waals surface area contributed by atoms with Crippen LogP contribution in [0.1, 0.15) is 169 Å². The fourth-order valence-corrected chi connectivity index (χ4v) is 5.58. The molecule has 0 heterocycles. The minimum Gasteiger partial charge on any atom is -1.00 e. The van der Waals surface area contributed by atoms with E-state index >= 15 is 0 Å². The molecule has 4 heteroatoms. The summed E-state index contributed by atoms with van der Waals surface area (Å²) in [6.45, 7) is 14.5. The Bertz CT molecular complexity index is 431. The van der Waals surface area contributed by atoms with Crippen molar-refractivity contribution in [2.75, 3.05) is 19.6 Å². The maximum atomic E-state index is 12.5. The highest BCUT2D eigenvalue weighted by Crippen LogP contribution is 2.16. The third kappa shape index (κ3) is 19.5. The maximum Gasteiger partial charge on any atom is 0.224 e. The zero-order valence-corrected chi connectivity index (χ0v) is 25.5. The van der Waals surface area contributed by atoms with E-state index < -0.39 is 0 Å². The summed E-state index contributed by atoms with van der Waals surface area (Å²) in [6.07, 6.45) is 28.4. The van der Waals surface area contributed by atoms with Crippen LogP contribution in [-0.2, 0) is 4.79 Å². The molecule has 0 spiro atoms. The third-order valence-electron chi connectivity index (χ3n) is 8.27. The first-order valence-corrected chi connectivity index (χ1v) is 15.7. The van der Waals surface area contributed by atoms with Crippen molar-refractivity contribution in [3.63, 3.8) is 0 Å². The number of carbonyl (C=O) groups excluding carboxylic acids is 1. The van der Waals surface area contributed by atoms with Crippen molar-refractivity contribution in [3.05, 3.63) is 0 Å². The number of hydrogen-bond acceptors (Lipinski definition) is 1. The lowest BCUT2D eigenvalue weighted by atomic mass is 10.0. The second-order valence-electron chi connectivity index (χ2n) is 10.8. The van der Waals surface area contributed by atoms with Gasteiger partial charge in [-0.05, 0) is 27.2 Å². The van der Waals surface area contributed by atoms with E-state index in [4.69, 9.17) is 0 Å². The molecule has 0 aromatic heterocycles. The van der Waals surface area contributed by atoms with Gasteiger partial charge in [0.05, 0.1) is 19.6 Å². The first-order valence-electron chi connectivity index (χ1n) is 15.7. The van der Waals surface area contributed by atoms with Gasteiger partial charge in [0.15, 0.2) is 6.17 Å². The minimum absolute atomic E-state index is 0. The Balaban J connectivity index is 0. The summed E-state index contributed by atoms with van der Waals surface area (Å²) in [5.74, 6) is 0.261. The summed E-state index contributed by atoms with van der Waals surface area (Å²) in [7, 11) is 0. The third-order valence-corrected chi connectivity index (χ3v) is 8.27. The standard InChI is InChI=1S/C31H64N2O.ClH/c1-6-11-12-13-14-15-16-17-18-19-20-21-22-23-24-25-26-27-28-29-31(34)32-30(7-2)33(8-3,9-4)10-5;/h30H,6-29H2,1-5H3;1H.